The molecule has 1 fully saturated rings. The minimum atomic E-state index is -4.11. The zero-order chi connectivity index (χ0) is 34.1. The van der Waals surface area contributed by atoms with E-state index in [1.807, 2.05) is 6.07 Å². The monoisotopic (exact) mass is 693 g/mol. The average molecular weight is 694 g/mol. The third kappa shape index (κ3) is 8.58. The molecule has 5 rings (SSSR count). The summed E-state index contributed by atoms with van der Waals surface area (Å²) in [6.45, 7) is 0.329. The van der Waals surface area contributed by atoms with Crippen LogP contribution in [0.25, 0.3) is 0 Å². The summed E-state index contributed by atoms with van der Waals surface area (Å²) in [6, 6.07) is 26.2. The molecular weight excluding hydrogens is 659 g/mol. The Morgan fingerprint density at radius 2 is 1.44 bits per heavy atom. The Bertz CT molecular complexity index is 1910. The first kappa shape index (κ1) is 34.6. The number of benzene rings is 4. The van der Waals surface area contributed by atoms with Gasteiger partial charge in [-0.25, -0.2) is 13.2 Å². The minimum Gasteiger partial charge on any atom is -0.497 e. The van der Waals surface area contributed by atoms with Crippen molar-refractivity contribution in [2.75, 3.05) is 26.7 Å². The van der Waals surface area contributed by atoms with Crippen LogP contribution in [0.15, 0.2) is 119 Å². The van der Waals surface area contributed by atoms with Gasteiger partial charge in [0, 0.05) is 19.6 Å². The second-order valence-electron chi connectivity index (χ2n) is 10.9. The van der Waals surface area contributed by atoms with Gasteiger partial charge in [-0.2, -0.15) is 12.7 Å². The van der Waals surface area contributed by atoms with Crippen molar-refractivity contribution in [1.29, 1.82) is 0 Å². The van der Waals surface area contributed by atoms with Crippen LogP contribution in [0.5, 0.6) is 11.5 Å². The number of nitrogens with zero attached hydrogens (tertiary/aromatic N) is 1. The third-order valence-corrected chi connectivity index (χ3v) is 10.8. The Kier molecular flexibility index (Phi) is 11.1. The summed E-state index contributed by atoms with van der Waals surface area (Å²) in [5, 5.41) is 5.71. The zero-order valence-corrected chi connectivity index (χ0v) is 27.7. The lowest BCUT2D eigenvalue weighted by molar-refractivity contribution is -0.125. The highest BCUT2D eigenvalue weighted by Crippen LogP contribution is 2.24. The summed E-state index contributed by atoms with van der Waals surface area (Å²) in [5.41, 5.74) is 1.29. The van der Waals surface area contributed by atoms with Gasteiger partial charge in [-0.1, -0.05) is 60.7 Å². The van der Waals surface area contributed by atoms with Gasteiger partial charge >= 0.3 is 16.2 Å². The maximum Gasteiger partial charge on any atom is 0.408 e. The minimum absolute atomic E-state index is 0.00387. The molecule has 0 saturated carbocycles. The molecule has 0 radical (unpaired) electrons. The molecule has 4 aromatic rings. The smallest absolute Gasteiger partial charge is 0.408 e. The van der Waals surface area contributed by atoms with Gasteiger partial charge in [0.2, 0.25) is 10.0 Å². The Balaban J connectivity index is 1.37. The lowest BCUT2D eigenvalue weighted by Gasteiger charge is -2.36. The van der Waals surface area contributed by atoms with E-state index >= 15 is 0 Å². The van der Waals surface area contributed by atoms with Crippen molar-refractivity contribution < 1.29 is 40.1 Å². The van der Waals surface area contributed by atoms with E-state index in [0.29, 0.717) is 17.9 Å². The van der Waals surface area contributed by atoms with Gasteiger partial charge in [0.1, 0.15) is 23.0 Å². The fourth-order valence-electron chi connectivity index (χ4n) is 5.14. The number of nitrogens with one attached hydrogen (secondary N) is 2. The third-order valence-electron chi connectivity index (χ3n) is 7.64. The first-order valence-electron chi connectivity index (χ1n) is 15.0. The van der Waals surface area contributed by atoms with Crippen LogP contribution in [0, 0.1) is 0 Å². The molecule has 1 aliphatic heterocycles. The fourth-order valence-corrected chi connectivity index (χ4v) is 7.69. The quantitative estimate of drug-likeness (QED) is 0.199. The van der Waals surface area contributed by atoms with Gasteiger partial charge in [-0.3, -0.25) is 4.79 Å². The summed E-state index contributed by atoms with van der Waals surface area (Å²) in [6.07, 6.45) is -0.905. The zero-order valence-electron chi connectivity index (χ0n) is 26.0. The molecule has 1 heterocycles. The van der Waals surface area contributed by atoms with E-state index in [1.165, 1.54) is 55.6 Å². The Morgan fingerprint density at radius 1 is 0.812 bits per heavy atom. The van der Waals surface area contributed by atoms with E-state index < -0.39 is 44.1 Å². The molecule has 1 unspecified atom stereocenters. The summed E-state index contributed by atoms with van der Waals surface area (Å²) in [7, 11) is -6.71. The van der Waals surface area contributed by atoms with Crippen molar-refractivity contribution in [2.45, 2.75) is 34.9 Å². The second kappa shape index (κ2) is 15.4. The molecule has 252 valence electrons. The topological polar surface area (TPSA) is 157 Å². The van der Waals surface area contributed by atoms with E-state index in [4.69, 9.17) is 13.7 Å². The average Bonchev–Trinajstić information content (AvgIpc) is 3.11. The lowest BCUT2D eigenvalue weighted by atomic mass is 9.97. The molecule has 0 aromatic heterocycles. The summed E-state index contributed by atoms with van der Waals surface area (Å²) in [5.74, 6) is -0.0221. The number of piperazine rings is 1. The van der Waals surface area contributed by atoms with Gasteiger partial charge in [0.25, 0.3) is 0 Å². The Morgan fingerprint density at radius 3 is 2.08 bits per heavy atom. The molecule has 48 heavy (non-hydrogen) atoms. The Labute approximate surface area is 279 Å². The predicted molar refractivity (Wildman–Crippen MR) is 177 cm³/mol. The molecule has 1 aliphatic rings. The molecule has 2 atom stereocenters. The molecule has 1 amide bonds. The lowest BCUT2D eigenvalue weighted by Crippen LogP contribution is -2.61. The number of ether oxygens (including phenoxy) is 2. The molecule has 4 aromatic carbocycles. The number of carbonyl (C=O) groups excluding carboxylic acids is 2. The summed E-state index contributed by atoms with van der Waals surface area (Å²) in [4.78, 5) is 27.1. The van der Waals surface area contributed by atoms with Crippen molar-refractivity contribution >= 4 is 32.0 Å². The van der Waals surface area contributed by atoms with Gasteiger partial charge in [-0.15, -0.1) is 0 Å². The molecular formula is C34H35N3O9S2. The number of sulfonamides is 1. The van der Waals surface area contributed by atoms with Crippen molar-refractivity contribution in [3.05, 3.63) is 120 Å². The highest BCUT2D eigenvalue weighted by Gasteiger charge is 2.40. The molecule has 14 heteroatoms. The first-order valence-corrected chi connectivity index (χ1v) is 17.9. The normalized spacial score (nSPS) is 16.0. The van der Waals surface area contributed by atoms with Gasteiger partial charge in [-0.05, 0) is 66.1 Å². The highest BCUT2D eigenvalue weighted by atomic mass is 32.2. The molecule has 0 spiro atoms. The largest absolute Gasteiger partial charge is 0.497 e. The second-order valence-corrected chi connectivity index (χ2v) is 14.3. The van der Waals surface area contributed by atoms with Crippen LogP contribution in [0.4, 0.5) is 4.79 Å². The molecule has 2 N–H and O–H groups in total. The van der Waals surface area contributed by atoms with Crippen LogP contribution >= 0.6 is 0 Å². The number of alkyl carbamates (subject to hydrolysis) is 1. The number of hydrogen-bond donors (Lipinski definition) is 2. The van der Waals surface area contributed by atoms with Crippen molar-refractivity contribution in [1.82, 2.24) is 14.9 Å². The SMILES string of the molecule is COc1ccc(S(=O)(=O)N2CCNCC2C(=O)[C@H](Cc2ccc(OS(=O)(=O)c3ccccc3)cc2)NC(=O)OCc2ccccc2)cc1. The highest BCUT2D eigenvalue weighted by molar-refractivity contribution is 7.89. The maximum absolute atomic E-state index is 14.2. The van der Waals surface area contributed by atoms with Crippen LogP contribution in [0.1, 0.15) is 11.1 Å². The van der Waals surface area contributed by atoms with E-state index in [-0.39, 0.29) is 41.7 Å². The van der Waals surface area contributed by atoms with Crippen LogP contribution in [0.2, 0.25) is 0 Å². The first-order chi connectivity index (χ1) is 23.1. The molecule has 0 aliphatic carbocycles. The van der Waals surface area contributed by atoms with Crippen LogP contribution in [-0.2, 0) is 42.7 Å². The number of methoxy groups -OCH3 is 1. The van der Waals surface area contributed by atoms with Crippen LogP contribution in [0.3, 0.4) is 0 Å². The van der Waals surface area contributed by atoms with Gasteiger partial charge < -0.3 is 24.3 Å². The van der Waals surface area contributed by atoms with Gasteiger partial charge in [0.15, 0.2) is 5.78 Å². The van der Waals surface area contributed by atoms with Crippen molar-refractivity contribution in [3.8, 4) is 11.5 Å². The van der Waals surface area contributed by atoms with E-state index in [2.05, 4.69) is 10.6 Å². The number of amides is 1. The maximum atomic E-state index is 14.2. The van der Waals surface area contributed by atoms with E-state index in [9.17, 15) is 26.4 Å². The van der Waals surface area contributed by atoms with Crippen molar-refractivity contribution in [2.24, 2.45) is 0 Å². The Hall–Kier alpha value is -4.76. The number of carbonyl (C=O) groups is 2. The number of hydrogen-bond acceptors (Lipinski definition) is 10. The molecule has 0 bridgehead atoms. The molecule has 12 nitrogen and oxygen atoms in total. The number of Topliss-reactive ketones (excluding diaryl/α,β-unsaturated/α-hetero) is 1. The van der Waals surface area contributed by atoms with E-state index in [0.717, 1.165) is 9.87 Å². The summed E-state index contributed by atoms with van der Waals surface area (Å²) < 4.78 is 69.8. The summed E-state index contributed by atoms with van der Waals surface area (Å²) >= 11 is 0. The number of ketones is 1. The predicted octanol–water partition coefficient (Wildman–Crippen LogP) is 3.53. The fraction of sp³-hybridized carbons (Fsp3) is 0.235. The standard InChI is InChI=1S/C34H35N3O9S2/c1-44-27-16-18-29(19-17-27)47(40,41)37-21-20-35-23-32(37)33(38)31(36-34(39)45-24-26-8-4-2-5-9-26)22-25-12-14-28(15-13-25)46-48(42,43)30-10-6-3-7-11-30/h2-19,31-32,35H,20-24H2,1H3,(H,36,39)/t31-,32?/m0/s1. The van der Waals surface area contributed by atoms with E-state index in [1.54, 1.807) is 54.6 Å². The van der Waals surface area contributed by atoms with Crippen LogP contribution < -0.4 is 19.6 Å². The van der Waals surface area contributed by atoms with Crippen molar-refractivity contribution in [3.63, 3.8) is 0 Å². The van der Waals surface area contributed by atoms with Crippen LogP contribution in [-0.4, -0.2) is 71.8 Å². The molecule has 1 saturated heterocycles. The van der Waals surface area contributed by atoms with Gasteiger partial charge in [0.05, 0.1) is 24.1 Å². The number of rotatable bonds is 13.